The van der Waals surface area contributed by atoms with Crippen LogP contribution in [0.2, 0.25) is 5.02 Å². The SMILES string of the molecule is O=C(c1ccc(Cl)cn1)N1CCC(COc2ccccc2)CC1. The molecule has 3 rings (SSSR count). The van der Waals surface area contributed by atoms with E-state index in [2.05, 4.69) is 4.98 Å². The number of amides is 1. The van der Waals surface area contributed by atoms with Gasteiger partial charge in [0, 0.05) is 19.3 Å². The number of rotatable bonds is 4. The van der Waals surface area contributed by atoms with Crippen LogP contribution >= 0.6 is 11.6 Å². The van der Waals surface area contributed by atoms with Crippen molar-refractivity contribution < 1.29 is 9.53 Å². The molecule has 1 saturated heterocycles. The molecule has 1 aliphatic heterocycles. The summed E-state index contributed by atoms with van der Waals surface area (Å²) >= 11 is 5.81. The number of hydrogen-bond donors (Lipinski definition) is 0. The summed E-state index contributed by atoms with van der Waals surface area (Å²) in [4.78, 5) is 18.3. The second kappa shape index (κ2) is 7.47. The van der Waals surface area contributed by atoms with Gasteiger partial charge in [-0.3, -0.25) is 4.79 Å². The molecule has 1 amide bonds. The van der Waals surface area contributed by atoms with Crippen LogP contribution in [0.4, 0.5) is 0 Å². The molecule has 0 aliphatic carbocycles. The molecule has 5 heteroatoms. The summed E-state index contributed by atoms with van der Waals surface area (Å²) in [5.74, 6) is 1.36. The first-order chi connectivity index (χ1) is 11.2. The molecular weight excluding hydrogens is 312 g/mol. The summed E-state index contributed by atoms with van der Waals surface area (Å²) in [5, 5.41) is 0.540. The van der Waals surface area contributed by atoms with Crippen LogP contribution in [0.3, 0.4) is 0 Å². The topological polar surface area (TPSA) is 42.4 Å². The zero-order valence-electron chi connectivity index (χ0n) is 12.8. The molecule has 0 unspecified atom stereocenters. The van der Waals surface area contributed by atoms with Crippen molar-refractivity contribution in [1.82, 2.24) is 9.88 Å². The smallest absolute Gasteiger partial charge is 0.272 e. The lowest BCUT2D eigenvalue weighted by Crippen LogP contribution is -2.40. The van der Waals surface area contributed by atoms with Gasteiger partial charge in [-0.25, -0.2) is 4.98 Å². The zero-order chi connectivity index (χ0) is 16.1. The first-order valence-electron chi connectivity index (χ1n) is 7.81. The number of piperidine rings is 1. The van der Waals surface area contributed by atoms with Gasteiger partial charge >= 0.3 is 0 Å². The van der Waals surface area contributed by atoms with E-state index in [0.717, 1.165) is 31.7 Å². The third-order valence-corrected chi connectivity index (χ3v) is 4.30. The number of pyridine rings is 1. The predicted molar refractivity (Wildman–Crippen MR) is 89.8 cm³/mol. The van der Waals surface area contributed by atoms with Crippen molar-refractivity contribution >= 4 is 17.5 Å². The van der Waals surface area contributed by atoms with Crippen LogP contribution in [0, 0.1) is 5.92 Å². The predicted octanol–water partition coefficient (Wildman–Crippen LogP) is 3.67. The van der Waals surface area contributed by atoms with Crippen molar-refractivity contribution in [3.8, 4) is 5.75 Å². The molecule has 0 bridgehead atoms. The van der Waals surface area contributed by atoms with Gasteiger partial charge in [0.1, 0.15) is 11.4 Å². The van der Waals surface area contributed by atoms with Gasteiger partial charge < -0.3 is 9.64 Å². The molecule has 23 heavy (non-hydrogen) atoms. The van der Waals surface area contributed by atoms with E-state index in [9.17, 15) is 4.79 Å². The average Bonchev–Trinajstić information content (AvgIpc) is 2.61. The normalized spacial score (nSPS) is 15.4. The summed E-state index contributed by atoms with van der Waals surface area (Å²) in [7, 11) is 0. The van der Waals surface area contributed by atoms with Crippen LogP contribution in [0.5, 0.6) is 5.75 Å². The molecule has 4 nitrogen and oxygen atoms in total. The van der Waals surface area contributed by atoms with E-state index in [-0.39, 0.29) is 5.91 Å². The summed E-state index contributed by atoms with van der Waals surface area (Å²) < 4.78 is 5.81. The largest absolute Gasteiger partial charge is 0.493 e. The Morgan fingerprint density at radius 2 is 1.91 bits per heavy atom. The van der Waals surface area contributed by atoms with Crippen molar-refractivity contribution in [2.24, 2.45) is 5.92 Å². The number of ether oxygens (including phenoxy) is 1. The van der Waals surface area contributed by atoms with Crippen molar-refractivity contribution in [1.29, 1.82) is 0 Å². The molecule has 0 atom stereocenters. The van der Waals surface area contributed by atoms with Crippen molar-refractivity contribution in [2.45, 2.75) is 12.8 Å². The lowest BCUT2D eigenvalue weighted by Gasteiger charge is -2.31. The first-order valence-corrected chi connectivity index (χ1v) is 8.19. The third-order valence-electron chi connectivity index (χ3n) is 4.08. The highest BCUT2D eigenvalue weighted by Gasteiger charge is 2.24. The number of nitrogens with zero attached hydrogens (tertiary/aromatic N) is 2. The molecule has 2 heterocycles. The van der Waals surface area contributed by atoms with Crippen LogP contribution < -0.4 is 4.74 Å². The lowest BCUT2D eigenvalue weighted by molar-refractivity contribution is 0.0655. The van der Waals surface area contributed by atoms with Gasteiger partial charge in [-0.05, 0) is 43.0 Å². The van der Waals surface area contributed by atoms with Crippen molar-refractivity contribution in [3.63, 3.8) is 0 Å². The van der Waals surface area contributed by atoms with Crippen LogP contribution in [0.25, 0.3) is 0 Å². The van der Waals surface area contributed by atoms with Gasteiger partial charge in [0.15, 0.2) is 0 Å². The lowest BCUT2D eigenvalue weighted by atomic mass is 9.97. The summed E-state index contributed by atoms with van der Waals surface area (Å²) in [6.45, 7) is 2.18. The number of para-hydroxylation sites is 1. The average molecular weight is 331 g/mol. The number of hydrogen-bond acceptors (Lipinski definition) is 3. The molecule has 1 aliphatic rings. The Bertz CT molecular complexity index is 638. The van der Waals surface area contributed by atoms with Gasteiger partial charge in [0.05, 0.1) is 11.6 Å². The number of carbonyl (C=O) groups excluding carboxylic acids is 1. The highest BCUT2D eigenvalue weighted by atomic mass is 35.5. The van der Waals surface area contributed by atoms with Crippen LogP contribution in [0.15, 0.2) is 48.7 Å². The summed E-state index contributed by atoms with van der Waals surface area (Å²) in [6, 6.07) is 13.2. The molecule has 0 spiro atoms. The Hall–Kier alpha value is -2.07. The van der Waals surface area contributed by atoms with E-state index in [1.54, 1.807) is 12.1 Å². The van der Waals surface area contributed by atoms with Crippen LogP contribution in [0.1, 0.15) is 23.3 Å². The standard InChI is InChI=1S/C18H19ClN2O2/c19-15-6-7-17(20-12-15)18(22)21-10-8-14(9-11-21)13-23-16-4-2-1-3-5-16/h1-7,12,14H,8-11,13H2. The fraction of sp³-hybridized carbons (Fsp3) is 0.333. The van der Waals surface area contributed by atoms with Gasteiger partial charge in [0.2, 0.25) is 0 Å². The van der Waals surface area contributed by atoms with Gasteiger partial charge in [0.25, 0.3) is 5.91 Å². The minimum atomic E-state index is -0.0240. The van der Waals surface area contributed by atoms with Crippen molar-refractivity contribution in [2.75, 3.05) is 19.7 Å². The molecule has 2 aromatic rings. The second-order valence-electron chi connectivity index (χ2n) is 5.72. The maximum atomic E-state index is 12.4. The minimum Gasteiger partial charge on any atom is -0.493 e. The Morgan fingerprint density at radius 3 is 2.57 bits per heavy atom. The Balaban J connectivity index is 1.48. The molecule has 1 aromatic heterocycles. The second-order valence-corrected chi connectivity index (χ2v) is 6.16. The monoisotopic (exact) mass is 330 g/mol. The van der Waals surface area contributed by atoms with E-state index in [1.807, 2.05) is 35.2 Å². The quantitative estimate of drug-likeness (QED) is 0.859. The first kappa shape index (κ1) is 15.8. The van der Waals surface area contributed by atoms with Crippen LogP contribution in [-0.4, -0.2) is 35.5 Å². The number of halogens is 1. The highest BCUT2D eigenvalue weighted by Crippen LogP contribution is 2.20. The van der Waals surface area contributed by atoms with E-state index < -0.39 is 0 Å². The van der Waals surface area contributed by atoms with Gasteiger partial charge in [-0.2, -0.15) is 0 Å². The fourth-order valence-corrected chi connectivity index (χ4v) is 2.81. The maximum absolute atomic E-state index is 12.4. The van der Waals surface area contributed by atoms with Crippen LogP contribution in [-0.2, 0) is 0 Å². The summed E-state index contributed by atoms with van der Waals surface area (Å²) in [5.41, 5.74) is 0.452. The Morgan fingerprint density at radius 1 is 1.17 bits per heavy atom. The zero-order valence-corrected chi connectivity index (χ0v) is 13.6. The molecule has 0 N–H and O–H groups in total. The Labute approximate surface area is 141 Å². The number of likely N-dealkylation sites (tertiary alicyclic amines) is 1. The van der Waals surface area contributed by atoms with Crippen molar-refractivity contribution in [3.05, 3.63) is 59.4 Å². The number of aromatic nitrogens is 1. The molecule has 0 saturated carbocycles. The number of benzene rings is 1. The Kier molecular flexibility index (Phi) is 5.13. The van der Waals surface area contributed by atoms with Gasteiger partial charge in [-0.15, -0.1) is 0 Å². The number of carbonyl (C=O) groups is 1. The maximum Gasteiger partial charge on any atom is 0.272 e. The minimum absolute atomic E-state index is 0.0240. The van der Waals surface area contributed by atoms with E-state index in [0.29, 0.717) is 23.2 Å². The van der Waals surface area contributed by atoms with Gasteiger partial charge in [-0.1, -0.05) is 29.8 Å². The molecular formula is C18H19ClN2O2. The molecule has 1 fully saturated rings. The van der Waals surface area contributed by atoms with E-state index >= 15 is 0 Å². The molecule has 1 aromatic carbocycles. The fourth-order valence-electron chi connectivity index (χ4n) is 2.70. The third kappa shape index (κ3) is 4.23. The highest BCUT2D eigenvalue weighted by molar-refractivity contribution is 6.30. The van der Waals surface area contributed by atoms with E-state index in [1.165, 1.54) is 6.20 Å². The van der Waals surface area contributed by atoms with E-state index in [4.69, 9.17) is 16.3 Å². The molecule has 0 radical (unpaired) electrons. The summed E-state index contributed by atoms with van der Waals surface area (Å²) in [6.07, 6.45) is 3.41. The molecule has 120 valence electrons.